The summed E-state index contributed by atoms with van der Waals surface area (Å²) >= 11 is 5.79. The molecular formula is C11H9ClO4. The molecule has 0 saturated carbocycles. The van der Waals surface area contributed by atoms with Gasteiger partial charge in [-0.15, -0.1) is 0 Å². The summed E-state index contributed by atoms with van der Waals surface area (Å²) in [7, 11) is 0. The summed E-state index contributed by atoms with van der Waals surface area (Å²) in [5, 5.41) is 8.29. The van der Waals surface area contributed by atoms with Gasteiger partial charge >= 0.3 is 11.9 Å². The molecular weight excluding hydrogens is 232 g/mol. The van der Waals surface area contributed by atoms with E-state index in [4.69, 9.17) is 21.4 Å². The lowest BCUT2D eigenvalue weighted by molar-refractivity contribution is -0.140. The lowest BCUT2D eigenvalue weighted by Gasteiger charge is -2.09. The maximum Gasteiger partial charge on any atom is 0.332 e. The number of ether oxygens (including phenoxy) is 1. The van der Waals surface area contributed by atoms with Crippen molar-refractivity contribution < 1.29 is 19.4 Å². The second kappa shape index (κ2) is 5.92. The average Bonchev–Trinajstić information content (AvgIpc) is 2.27. The number of esters is 1. The van der Waals surface area contributed by atoms with Crippen LogP contribution in [0.5, 0.6) is 0 Å². The topological polar surface area (TPSA) is 63.6 Å². The molecule has 0 aliphatic rings. The van der Waals surface area contributed by atoms with Crippen LogP contribution in [0.25, 0.3) is 0 Å². The molecule has 1 aromatic rings. The first-order valence-corrected chi connectivity index (χ1v) is 4.84. The van der Waals surface area contributed by atoms with Crippen LogP contribution in [-0.2, 0) is 14.3 Å². The first kappa shape index (κ1) is 12.3. The molecule has 1 N–H and O–H groups in total. The van der Waals surface area contributed by atoms with E-state index in [9.17, 15) is 9.59 Å². The van der Waals surface area contributed by atoms with Crippen molar-refractivity contribution in [2.45, 2.75) is 5.56 Å². The third-order valence-corrected chi connectivity index (χ3v) is 1.98. The summed E-state index contributed by atoms with van der Waals surface area (Å²) in [6.07, 6.45) is 1.50. The van der Waals surface area contributed by atoms with Crippen LogP contribution in [-0.4, -0.2) is 17.0 Å². The molecule has 1 atom stereocenters. The summed E-state index contributed by atoms with van der Waals surface area (Å²) in [4.78, 5) is 21.2. The van der Waals surface area contributed by atoms with Gasteiger partial charge in [0.2, 0.25) is 5.56 Å². The van der Waals surface area contributed by atoms with E-state index in [2.05, 4.69) is 0 Å². The Morgan fingerprint density at radius 1 is 1.25 bits per heavy atom. The zero-order chi connectivity index (χ0) is 12.0. The van der Waals surface area contributed by atoms with E-state index >= 15 is 0 Å². The zero-order valence-electron chi connectivity index (χ0n) is 8.17. The molecule has 0 aliphatic carbocycles. The summed E-state index contributed by atoms with van der Waals surface area (Å²) in [6, 6.07) is 8.72. The fraction of sp³-hybridized carbons (Fsp3) is 0.0909. The van der Waals surface area contributed by atoms with Gasteiger partial charge in [-0.2, -0.15) is 0 Å². The van der Waals surface area contributed by atoms with Gasteiger partial charge in [-0.05, 0) is 0 Å². The molecule has 0 aromatic heterocycles. The Kier molecular flexibility index (Phi) is 4.54. The number of hydrogen-bond donors (Lipinski definition) is 1. The van der Waals surface area contributed by atoms with E-state index < -0.39 is 17.5 Å². The minimum Gasteiger partial charge on any atom is -0.478 e. The van der Waals surface area contributed by atoms with E-state index in [1.165, 1.54) is 0 Å². The molecule has 5 heteroatoms. The Labute approximate surface area is 97.1 Å². The maximum atomic E-state index is 11.1. The van der Waals surface area contributed by atoms with Crippen LogP contribution in [0.3, 0.4) is 0 Å². The van der Waals surface area contributed by atoms with Crippen LogP contribution in [0, 0.1) is 0 Å². The highest BCUT2D eigenvalue weighted by molar-refractivity contribution is 6.20. The fourth-order valence-electron chi connectivity index (χ4n) is 0.953. The minimum atomic E-state index is -1.22. The van der Waals surface area contributed by atoms with Crippen LogP contribution < -0.4 is 0 Å². The highest BCUT2D eigenvalue weighted by atomic mass is 35.5. The number of halogens is 1. The van der Waals surface area contributed by atoms with Gasteiger partial charge in [-0.25, -0.2) is 9.59 Å². The molecule has 16 heavy (non-hydrogen) atoms. The third kappa shape index (κ3) is 4.14. The highest BCUT2D eigenvalue weighted by Crippen LogP contribution is 2.21. The Bertz CT molecular complexity index is 400. The number of hydrogen-bond acceptors (Lipinski definition) is 3. The Hall–Kier alpha value is -1.81. The molecule has 84 valence electrons. The summed E-state index contributed by atoms with van der Waals surface area (Å²) in [5.74, 6) is -2.02. The number of benzene rings is 1. The Morgan fingerprint density at radius 3 is 2.44 bits per heavy atom. The molecule has 0 fully saturated rings. The van der Waals surface area contributed by atoms with E-state index in [-0.39, 0.29) is 0 Å². The number of rotatable bonds is 4. The second-order valence-corrected chi connectivity index (χ2v) is 3.23. The van der Waals surface area contributed by atoms with Gasteiger partial charge in [-0.3, -0.25) is 0 Å². The Morgan fingerprint density at radius 2 is 1.88 bits per heavy atom. The van der Waals surface area contributed by atoms with Gasteiger partial charge in [0.15, 0.2) is 0 Å². The van der Waals surface area contributed by atoms with Crippen molar-refractivity contribution in [3.05, 3.63) is 48.0 Å². The van der Waals surface area contributed by atoms with E-state index in [1.54, 1.807) is 30.3 Å². The molecule has 0 aliphatic heterocycles. The quantitative estimate of drug-likeness (QED) is 0.497. The monoisotopic (exact) mass is 240 g/mol. The van der Waals surface area contributed by atoms with Crippen LogP contribution in [0.15, 0.2) is 42.5 Å². The smallest absolute Gasteiger partial charge is 0.332 e. The molecule has 0 bridgehead atoms. The third-order valence-electron chi connectivity index (χ3n) is 1.64. The zero-order valence-corrected chi connectivity index (χ0v) is 8.92. The van der Waals surface area contributed by atoms with Gasteiger partial charge < -0.3 is 9.84 Å². The number of carboxylic acid groups (broad SMARTS) is 1. The minimum absolute atomic E-state index is 0.626. The highest BCUT2D eigenvalue weighted by Gasteiger charge is 2.11. The molecule has 4 nitrogen and oxygen atoms in total. The number of carbonyl (C=O) groups is 2. The average molecular weight is 241 g/mol. The molecule has 0 amide bonds. The fourth-order valence-corrected chi connectivity index (χ4v) is 1.19. The van der Waals surface area contributed by atoms with Gasteiger partial charge in [0.1, 0.15) is 0 Å². The van der Waals surface area contributed by atoms with Crippen molar-refractivity contribution in [3.8, 4) is 0 Å². The first-order valence-electron chi connectivity index (χ1n) is 4.40. The number of carbonyl (C=O) groups excluding carboxylic acids is 1. The van der Waals surface area contributed by atoms with Gasteiger partial charge in [0.05, 0.1) is 0 Å². The van der Waals surface area contributed by atoms with Crippen molar-refractivity contribution in [3.63, 3.8) is 0 Å². The van der Waals surface area contributed by atoms with Crippen molar-refractivity contribution in [2.24, 2.45) is 0 Å². The van der Waals surface area contributed by atoms with Crippen LogP contribution >= 0.6 is 11.6 Å². The number of aliphatic carboxylic acids is 1. The predicted octanol–water partition coefficient (Wildman–Crippen LogP) is 2.11. The SMILES string of the molecule is O=C(O)/C=C/C(=O)OC(Cl)c1ccccc1. The second-order valence-electron chi connectivity index (χ2n) is 2.84. The lowest BCUT2D eigenvalue weighted by atomic mass is 10.2. The largest absolute Gasteiger partial charge is 0.478 e. The molecule has 0 radical (unpaired) electrons. The van der Waals surface area contributed by atoms with E-state index in [0.717, 1.165) is 6.08 Å². The van der Waals surface area contributed by atoms with Crippen molar-refractivity contribution in [1.82, 2.24) is 0 Å². The first-order chi connectivity index (χ1) is 7.59. The summed E-state index contributed by atoms with van der Waals surface area (Å²) in [6.45, 7) is 0. The van der Waals surface area contributed by atoms with Crippen LogP contribution in [0.1, 0.15) is 11.1 Å². The predicted molar refractivity (Wildman–Crippen MR) is 57.9 cm³/mol. The van der Waals surface area contributed by atoms with Crippen LogP contribution in [0.2, 0.25) is 0 Å². The molecule has 1 rings (SSSR count). The lowest BCUT2D eigenvalue weighted by Crippen LogP contribution is -2.04. The van der Waals surface area contributed by atoms with Crippen LogP contribution in [0.4, 0.5) is 0 Å². The van der Waals surface area contributed by atoms with Crippen molar-refractivity contribution >= 4 is 23.5 Å². The van der Waals surface area contributed by atoms with Gasteiger partial charge in [-0.1, -0.05) is 41.9 Å². The van der Waals surface area contributed by atoms with E-state index in [0.29, 0.717) is 11.6 Å². The molecule has 1 unspecified atom stereocenters. The van der Waals surface area contributed by atoms with Gasteiger partial charge in [0.25, 0.3) is 0 Å². The Balaban J connectivity index is 2.55. The van der Waals surface area contributed by atoms with Gasteiger partial charge in [0, 0.05) is 17.7 Å². The number of alkyl halides is 1. The molecule has 0 spiro atoms. The standard InChI is InChI=1S/C11H9ClO4/c12-11(8-4-2-1-3-5-8)16-10(15)7-6-9(13)14/h1-7,11H,(H,13,14)/b7-6+. The van der Waals surface area contributed by atoms with E-state index in [1.807, 2.05) is 0 Å². The van der Waals surface area contributed by atoms with Crippen molar-refractivity contribution in [1.29, 1.82) is 0 Å². The molecule has 0 saturated heterocycles. The molecule has 1 aromatic carbocycles. The maximum absolute atomic E-state index is 11.1. The summed E-state index contributed by atoms with van der Waals surface area (Å²) < 4.78 is 4.76. The number of carboxylic acids is 1. The summed E-state index contributed by atoms with van der Waals surface area (Å²) in [5.41, 5.74) is -0.298. The van der Waals surface area contributed by atoms with Crippen molar-refractivity contribution in [2.75, 3.05) is 0 Å². The molecule has 0 heterocycles. The normalized spacial score (nSPS) is 12.3.